The van der Waals surface area contributed by atoms with Gasteiger partial charge in [-0.25, -0.2) is 9.67 Å². The van der Waals surface area contributed by atoms with Crippen molar-refractivity contribution in [2.45, 2.75) is 72.0 Å². The largest absolute Gasteiger partial charge is 0.491 e. The molecule has 3 heterocycles. The number of ether oxygens (including phenoxy) is 2. The summed E-state index contributed by atoms with van der Waals surface area (Å²) in [4.78, 5) is 46.5. The molecule has 1 aromatic heterocycles. The molecule has 2 aliphatic heterocycles. The molecule has 2 aromatic rings. The van der Waals surface area contributed by atoms with E-state index in [1.807, 2.05) is 51.1 Å². The summed E-state index contributed by atoms with van der Waals surface area (Å²) in [6, 6.07) is 8.66. The maximum Gasteiger partial charge on any atom is 0.292 e. The summed E-state index contributed by atoms with van der Waals surface area (Å²) in [5.41, 5.74) is 1.03. The zero-order chi connectivity index (χ0) is 28.6. The van der Waals surface area contributed by atoms with Crippen LogP contribution in [0.15, 0.2) is 41.9 Å². The van der Waals surface area contributed by atoms with Gasteiger partial charge in [-0.2, -0.15) is 5.10 Å². The number of rotatable bonds is 5. The molecule has 0 fully saturated rings. The minimum absolute atomic E-state index is 0.0784. The first-order chi connectivity index (χ1) is 19.3. The van der Waals surface area contributed by atoms with Gasteiger partial charge in [0, 0.05) is 19.5 Å². The smallest absolute Gasteiger partial charge is 0.292 e. The Kier molecular flexibility index (Phi) is 9.79. The van der Waals surface area contributed by atoms with Crippen molar-refractivity contribution in [3.63, 3.8) is 0 Å². The normalized spacial score (nSPS) is 21.8. The monoisotopic (exact) mass is 552 g/mol. The van der Waals surface area contributed by atoms with Crippen LogP contribution in [0.3, 0.4) is 0 Å². The van der Waals surface area contributed by atoms with Gasteiger partial charge >= 0.3 is 0 Å². The summed E-state index contributed by atoms with van der Waals surface area (Å²) in [7, 11) is 0. The Morgan fingerprint density at radius 2 is 1.82 bits per heavy atom. The number of nitrogens with zero attached hydrogens (tertiary/aromatic N) is 4. The first kappa shape index (κ1) is 29.1. The van der Waals surface area contributed by atoms with E-state index in [0.717, 1.165) is 12.0 Å². The van der Waals surface area contributed by atoms with Gasteiger partial charge < -0.3 is 25.0 Å². The molecule has 11 heteroatoms. The molecule has 40 heavy (non-hydrogen) atoms. The summed E-state index contributed by atoms with van der Waals surface area (Å²) in [6.45, 7) is 9.19. The molecule has 2 N–H and O–H groups in total. The second-order valence-electron chi connectivity index (χ2n) is 10.4. The van der Waals surface area contributed by atoms with Crippen molar-refractivity contribution in [1.82, 2.24) is 30.3 Å². The number of fused-ring (bicyclic) bond motifs is 1. The summed E-state index contributed by atoms with van der Waals surface area (Å²) in [6.07, 6.45) is 1.82. The highest BCUT2D eigenvalue weighted by atomic mass is 16.6. The van der Waals surface area contributed by atoms with Crippen molar-refractivity contribution in [2.75, 3.05) is 26.3 Å². The fourth-order valence-corrected chi connectivity index (χ4v) is 4.98. The lowest BCUT2D eigenvalue weighted by Crippen LogP contribution is -2.51. The van der Waals surface area contributed by atoms with Crippen molar-refractivity contribution in [2.24, 2.45) is 5.92 Å². The number of nitrogens with one attached hydrogen (secondary N) is 2. The molecular weight excluding hydrogens is 512 g/mol. The Hall–Kier alpha value is -3.89. The van der Waals surface area contributed by atoms with E-state index in [1.54, 1.807) is 16.5 Å². The molecule has 1 aromatic carbocycles. The van der Waals surface area contributed by atoms with Crippen LogP contribution in [0.2, 0.25) is 0 Å². The van der Waals surface area contributed by atoms with E-state index in [9.17, 15) is 14.4 Å². The molecule has 0 unspecified atom stereocenters. The Bertz CT molecular complexity index is 1230. The molecule has 0 spiro atoms. The number of hydrogen-bond acceptors (Lipinski definition) is 7. The molecule has 0 saturated heterocycles. The van der Waals surface area contributed by atoms with E-state index in [1.165, 1.54) is 0 Å². The minimum atomic E-state index is -0.700. The van der Waals surface area contributed by atoms with Crippen LogP contribution in [-0.4, -0.2) is 69.7 Å². The van der Waals surface area contributed by atoms with Gasteiger partial charge in [-0.15, -0.1) is 0 Å². The predicted molar refractivity (Wildman–Crippen MR) is 148 cm³/mol. The summed E-state index contributed by atoms with van der Waals surface area (Å²) < 4.78 is 13.0. The number of hydrogen-bond donors (Lipinski definition) is 2. The average molecular weight is 553 g/mol. The summed E-state index contributed by atoms with van der Waals surface area (Å²) >= 11 is 0. The van der Waals surface area contributed by atoms with Crippen molar-refractivity contribution in [3.05, 3.63) is 59.1 Å². The lowest BCUT2D eigenvalue weighted by Gasteiger charge is -2.29. The van der Waals surface area contributed by atoms with Crippen molar-refractivity contribution >= 4 is 17.7 Å². The number of amides is 3. The highest BCUT2D eigenvalue weighted by Gasteiger charge is 2.31. The second-order valence-corrected chi connectivity index (χ2v) is 10.4. The molecular formula is C29H40N6O5. The van der Waals surface area contributed by atoms with Crippen LogP contribution in [0.5, 0.6) is 0 Å². The lowest BCUT2D eigenvalue weighted by atomic mass is 9.97. The van der Waals surface area contributed by atoms with E-state index in [4.69, 9.17) is 14.5 Å². The number of allylic oxidation sites excluding steroid dienone is 1. The van der Waals surface area contributed by atoms with Crippen LogP contribution in [0, 0.1) is 12.8 Å². The average Bonchev–Trinajstić information content (AvgIpc) is 3.32. The maximum absolute atomic E-state index is 13.6. The van der Waals surface area contributed by atoms with E-state index < -0.39 is 12.1 Å². The number of carbonyl (C=O) groups is 3. The Labute approximate surface area is 235 Å². The molecule has 4 rings (SSSR count). The fraction of sp³-hybridized carbons (Fsp3) is 0.552. The number of benzene rings is 1. The predicted octanol–water partition coefficient (Wildman–Crippen LogP) is 2.42. The molecule has 0 saturated carbocycles. The van der Waals surface area contributed by atoms with Crippen LogP contribution in [0.1, 0.15) is 63.3 Å². The van der Waals surface area contributed by atoms with Crippen LogP contribution in [0.25, 0.3) is 0 Å². The van der Waals surface area contributed by atoms with E-state index in [2.05, 4.69) is 15.7 Å². The first-order valence-electron chi connectivity index (χ1n) is 14.1. The number of aromatic nitrogens is 3. The van der Waals surface area contributed by atoms with Crippen molar-refractivity contribution < 1.29 is 23.9 Å². The highest BCUT2D eigenvalue weighted by molar-refractivity contribution is 5.92. The van der Waals surface area contributed by atoms with Gasteiger partial charge in [0.1, 0.15) is 36.7 Å². The summed E-state index contributed by atoms with van der Waals surface area (Å²) in [5, 5.41) is 10.7. The molecule has 3 amide bonds. The SMILES string of the molecule is CC[C@H](C)[C@@H]1NC(=O)CCCN(C(=O)C2=C(C)OCCO2)CCn2nc(C)nc2[C@H](Cc2ccccc2)NC1=O. The van der Waals surface area contributed by atoms with Gasteiger partial charge in [-0.1, -0.05) is 50.6 Å². The van der Waals surface area contributed by atoms with Gasteiger partial charge in [0.15, 0.2) is 0 Å². The zero-order valence-corrected chi connectivity index (χ0v) is 23.8. The fourth-order valence-electron chi connectivity index (χ4n) is 4.98. The van der Waals surface area contributed by atoms with Gasteiger partial charge in [-0.05, 0) is 38.2 Å². The molecule has 0 aliphatic carbocycles. The van der Waals surface area contributed by atoms with Crippen LogP contribution < -0.4 is 10.6 Å². The maximum atomic E-state index is 13.6. The Balaban J connectivity index is 1.69. The van der Waals surface area contributed by atoms with Crippen molar-refractivity contribution in [1.29, 1.82) is 0 Å². The molecule has 3 atom stereocenters. The Morgan fingerprint density at radius 3 is 2.55 bits per heavy atom. The Morgan fingerprint density at radius 1 is 1.07 bits per heavy atom. The third-order valence-electron chi connectivity index (χ3n) is 7.39. The van der Waals surface area contributed by atoms with Crippen LogP contribution in [0.4, 0.5) is 0 Å². The third-order valence-corrected chi connectivity index (χ3v) is 7.39. The van der Waals surface area contributed by atoms with E-state index in [-0.39, 0.29) is 35.8 Å². The van der Waals surface area contributed by atoms with E-state index in [0.29, 0.717) is 63.1 Å². The standard InChI is InChI=1S/C29H40N6O5/c1-5-19(2)25-28(37)31-23(18-22-10-7-6-8-11-22)27-30-21(4)33-35(27)15-14-34(13-9-12-24(36)32-25)29(38)26-20(3)39-16-17-40-26/h6-8,10-11,19,23,25H,5,9,12-18H2,1-4H3,(H,31,37)(H,32,36)/t19-,23-,25-/m0/s1. The second kappa shape index (κ2) is 13.5. The van der Waals surface area contributed by atoms with Crippen LogP contribution in [-0.2, 0) is 36.8 Å². The lowest BCUT2D eigenvalue weighted by molar-refractivity contribution is -0.133. The summed E-state index contributed by atoms with van der Waals surface area (Å²) in [5.74, 6) is 0.975. The van der Waals surface area contributed by atoms with E-state index >= 15 is 0 Å². The topological polar surface area (TPSA) is 128 Å². The quantitative estimate of drug-likeness (QED) is 0.583. The third kappa shape index (κ3) is 7.19. The first-order valence-corrected chi connectivity index (χ1v) is 14.1. The van der Waals surface area contributed by atoms with Gasteiger partial charge in [-0.3, -0.25) is 14.4 Å². The molecule has 11 nitrogen and oxygen atoms in total. The van der Waals surface area contributed by atoms with Crippen LogP contribution >= 0.6 is 0 Å². The molecule has 216 valence electrons. The van der Waals surface area contributed by atoms with Gasteiger partial charge in [0.25, 0.3) is 5.91 Å². The number of aryl methyl sites for hydroxylation is 1. The van der Waals surface area contributed by atoms with Gasteiger partial charge in [0.2, 0.25) is 17.6 Å². The number of carbonyl (C=O) groups excluding carboxylic acids is 3. The van der Waals surface area contributed by atoms with Crippen molar-refractivity contribution in [3.8, 4) is 0 Å². The molecule has 2 aliphatic rings. The minimum Gasteiger partial charge on any atom is -0.491 e. The molecule has 0 bridgehead atoms. The molecule has 0 radical (unpaired) electrons. The highest BCUT2D eigenvalue weighted by Crippen LogP contribution is 2.21. The van der Waals surface area contributed by atoms with Gasteiger partial charge in [0.05, 0.1) is 12.6 Å². The zero-order valence-electron chi connectivity index (χ0n) is 23.8.